The fraction of sp³-hybridized carbons (Fsp3) is 0.474. The summed E-state index contributed by atoms with van der Waals surface area (Å²) in [6.07, 6.45) is 0.424. The minimum absolute atomic E-state index is 0.365. The normalized spacial score (nSPS) is 20.8. The summed E-state index contributed by atoms with van der Waals surface area (Å²) in [6, 6.07) is 6.88. The number of benzene rings is 1. The van der Waals surface area contributed by atoms with Crippen molar-refractivity contribution in [2.75, 3.05) is 5.32 Å². The lowest BCUT2D eigenvalue weighted by molar-refractivity contribution is -0.165. The van der Waals surface area contributed by atoms with Crippen LogP contribution in [0.2, 0.25) is 0 Å². The van der Waals surface area contributed by atoms with Gasteiger partial charge in [0.1, 0.15) is 5.60 Å². The van der Waals surface area contributed by atoms with Gasteiger partial charge in [-0.3, -0.25) is 14.6 Å². The van der Waals surface area contributed by atoms with Crippen LogP contribution in [0.3, 0.4) is 0 Å². The molecule has 27 heavy (non-hydrogen) atoms. The maximum Gasteiger partial charge on any atom is 0.340 e. The van der Waals surface area contributed by atoms with Crippen LogP contribution in [0.5, 0.6) is 0 Å². The highest BCUT2D eigenvalue weighted by Gasteiger charge is 2.72. The van der Waals surface area contributed by atoms with E-state index in [1.54, 1.807) is 45.0 Å². The van der Waals surface area contributed by atoms with E-state index in [-0.39, 0.29) is 0 Å². The van der Waals surface area contributed by atoms with Gasteiger partial charge in [-0.25, -0.2) is 9.89 Å². The number of nitrogens with zero attached hydrogens (tertiary/aromatic N) is 1. The van der Waals surface area contributed by atoms with E-state index in [2.05, 4.69) is 20.5 Å². The van der Waals surface area contributed by atoms with Gasteiger partial charge in [-0.1, -0.05) is 26.0 Å². The number of rotatable bonds is 4. The summed E-state index contributed by atoms with van der Waals surface area (Å²) < 4.78 is 5.50. The Balaban J connectivity index is 1.84. The second-order valence-electron chi connectivity index (χ2n) is 8.53. The lowest BCUT2D eigenvalue weighted by Crippen LogP contribution is -2.40. The first-order valence-corrected chi connectivity index (χ1v) is 8.75. The predicted molar refractivity (Wildman–Crippen MR) is 100.0 cm³/mol. The summed E-state index contributed by atoms with van der Waals surface area (Å²) in [7, 11) is 0. The smallest absolute Gasteiger partial charge is 0.340 e. The van der Waals surface area contributed by atoms with Gasteiger partial charge in [-0.15, -0.1) is 0 Å². The second-order valence-corrected chi connectivity index (χ2v) is 8.53. The molecule has 1 atom stereocenters. The number of anilines is 1. The molecule has 144 valence electrons. The molecule has 8 nitrogen and oxygen atoms in total. The Morgan fingerprint density at radius 2 is 1.93 bits per heavy atom. The molecule has 1 fully saturated rings. The molecular formula is C19H24N4O4. The molecule has 1 aromatic carbocycles. The van der Waals surface area contributed by atoms with Crippen LogP contribution < -0.4 is 11.0 Å². The van der Waals surface area contributed by atoms with Crippen LogP contribution in [0.15, 0.2) is 29.1 Å². The average Bonchev–Trinajstić information content (AvgIpc) is 2.90. The number of carbonyl (C=O) groups excluding carboxylic acids is 2. The zero-order chi connectivity index (χ0) is 20.0. The van der Waals surface area contributed by atoms with Gasteiger partial charge in [-0.2, -0.15) is 5.10 Å². The molecule has 1 aliphatic carbocycles. The summed E-state index contributed by atoms with van der Waals surface area (Å²) >= 11 is 0. The SMILES string of the molecule is CC(C)(C)OC(=O)C1(C(=O)Nc2cccc(-c3n[nH]c(=O)[nH]3)c2)CC1(C)C. The molecule has 0 bridgehead atoms. The van der Waals surface area contributed by atoms with Gasteiger partial charge in [-0.05, 0) is 44.7 Å². The molecule has 1 saturated carbocycles. The first kappa shape index (κ1) is 18.9. The zero-order valence-electron chi connectivity index (χ0n) is 16.1. The van der Waals surface area contributed by atoms with E-state index < -0.39 is 34.0 Å². The molecule has 0 saturated heterocycles. The Labute approximate surface area is 156 Å². The Kier molecular flexibility index (Phi) is 4.25. The number of aromatic nitrogens is 3. The van der Waals surface area contributed by atoms with Crippen molar-refractivity contribution >= 4 is 17.6 Å². The third-order valence-corrected chi connectivity index (χ3v) is 4.77. The fourth-order valence-corrected chi connectivity index (χ4v) is 3.20. The lowest BCUT2D eigenvalue weighted by Gasteiger charge is -2.25. The van der Waals surface area contributed by atoms with E-state index in [4.69, 9.17) is 4.74 Å². The van der Waals surface area contributed by atoms with Gasteiger partial charge in [0.25, 0.3) is 0 Å². The highest BCUT2D eigenvalue weighted by atomic mass is 16.6. The lowest BCUT2D eigenvalue weighted by atomic mass is 9.94. The number of ether oxygens (including phenoxy) is 1. The summed E-state index contributed by atoms with van der Waals surface area (Å²) in [4.78, 5) is 39.5. The third kappa shape index (κ3) is 3.51. The number of H-pyrrole nitrogens is 2. The van der Waals surface area contributed by atoms with Crippen LogP contribution in [-0.2, 0) is 14.3 Å². The molecule has 1 unspecified atom stereocenters. The summed E-state index contributed by atoms with van der Waals surface area (Å²) in [6.45, 7) is 9.09. The summed E-state index contributed by atoms with van der Waals surface area (Å²) in [5.74, 6) is -0.538. The topological polar surface area (TPSA) is 117 Å². The third-order valence-electron chi connectivity index (χ3n) is 4.77. The Bertz CT molecular complexity index is 951. The van der Waals surface area contributed by atoms with Crippen molar-refractivity contribution in [1.82, 2.24) is 15.2 Å². The number of esters is 1. The molecule has 0 aliphatic heterocycles. The number of carbonyl (C=O) groups is 2. The van der Waals surface area contributed by atoms with Crippen molar-refractivity contribution in [3.63, 3.8) is 0 Å². The number of amides is 1. The highest BCUT2D eigenvalue weighted by molar-refractivity contribution is 6.12. The fourth-order valence-electron chi connectivity index (χ4n) is 3.20. The molecule has 0 spiro atoms. The quantitative estimate of drug-likeness (QED) is 0.563. The molecule has 1 amide bonds. The zero-order valence-corrected chi connectivity index (χ0v) is 16.1. The van der Waals surface area contributed by atoms with E-state index in [1.165, 1.54) is 0 Å². The van der Waals surface area contributed by atoms with Gasteiger partial charge in [0.05, 0.1) is 0 Å². The van der Waals surface area contributed by atoms with E-state index >= 15 is 0 Å². The molecule has 1 aromatic heterocycles. The molecule has 8 heteroatoms. The van der Waals surface area contributed by atoms with Crippen LogP contribution in [-0.4, -0.2) is 32.7 Å². The van der Waals surface area contributed by atoms with Crippen molar-refractivity contribution in [1.29, 1.82) is 0 Å². The molecule has 1 aliphatic rings. The molecule has 0 radical (unpaired) electrons. The van der Waals surface area contributed by atoms with Crippen LogP contribution >= 0.6 is 0 Å². The van der Waals surface area contributed by atoms with Crippen LogP contribution in [0.25, 0.3) is 11.4 Å². The van der Waals surface area contributed by atoms with Crippen molar-refractivity contribution < 1.29 is 14.3 Å². The second kappa shape index (κ2) is 6.07. The Hall–Kier alpha value is -2.90. The van der Waals surface area contributed by atoms with E-state index in [9.17, 15) is 14.4 Å². The van der Waals surface area contributed by atoms with Crippen molar-refractivity contribution in [2.24, 2.45) is 10.8 Å². The first-order valence-electron chi connectivity index (χ1n) is 8.75. The molecule has 3 N–H and O–H groups in total. The van der Waals surface area contributed by atoms with Crippen LogP contribution in [0.4, 0.5) is 5.69 Å². The Morgan fingerprint density at radius 3 is 2.44 bits per heavy atom. The minimum Gasteiger partial charge on any atom is -0.459 e. The van der Waals surface area contributed by atoms with Crippen molar-refractivity contribution in [2.45, 2.75) is 46.6 Å². The number of aromatic amines is 2. The van der Waals surface area contributed by atoms with Gasteiger partial charge in [0.15, 0.2) is 11.2 Å². The predicted octanol–water partition coefficient (Wildman–Crippen LogP) is 2.46. The molecular weight excluding hydrogens is 348 g/mol. The van der Waals surface area contributed by atoms with Crippen molar-refractivity contribution in [3.05, 3.63) is 34.7 Å². The van der Waals surface area contributed by atoms with Crippen LogP contribution in [0, 0.1) is 10.8 Å². The van der Waals surface area contributed by atoms with E-state index in [0.29, 0.717) is 23.5 Å². The minimum atomic E-state index is -1.21. The first-order chi connectivity index (χ1) is 12.4. The average molecular weight is 372 g/mol. The Morgan fingerprint density at radius 1 is 1.26 bits per heavy atom. The highest BCUT2D eigenvalue weighted by Crippen LogP contribution is 2.64. The van der Waals surface area contributed by atoms with Crippen molar-refractivity contribution in [3.8, 4) is 11.4 Å². The maximum atomic E-state index is 13.0. The number of hydrogen-bond donors (Lipinski definition) is 3. The summed E-state index contributed by atoms with van der Waals surface area (Å²) in [5, 5.41) is 8.99. The summed E-state index contributed by atoms with van der Waals surface area (Å²) in [5.41, 5.74) is -1.64. The van der Waals surface area contributed by atoms with E-state index in [1.807, 2.05) is 13.8 Å². The van der Waals surface area contributed by atoms with Gasteiger partial charge >= 0.3 is 11.7 Å². The van der Waals surface area contributed by atoms with Gasteiger partial charge in [0.2, 0.25) is 5.91 Å². The van der Waals surface area contributed by atoms with E-state index in [0.717, 1.165) is 0 Å². The van der Waals surface area contributed by atoms with Crippen LogP contribution in [0.1, 0.15) is 41.0 Å². The monoisotopic (exact) mass is 372 g/mol. The number of hydrogen-bond acceptors (Lipinski definition) is 5. The standard InChI is InChI=1S/C19H24N4O4/c1-17(2,3)27-15(25)19(10-18(19,4)5)14(24)20-12-8-6-7-11(9-12)13-21-16(26)23-22-13/h6-9H,10H2,1-5H3,(H,20,24)(H2,21,22,23,26). The molecule has 1 heterocycles. The number of nitrogens with one attached hydrogen (secondary N) is 3. The maximum absolute atomic E-state index is 13.0. The molecule has 3 rings (SSSR count). The van der Waals surface area contributed by atoms with Gasteiger partial charge in [0, 0.05) is 11.3 Å². The molecule has 2 aromatic rings. The largest absolute Gasteiger partial charge is 0.459 e. The van der Waals surface area contributed by atoms with Gasteiger partial charge < -0.3 is 10.1 Å².